The maximum Gasteiger partial charge on any atom is 0.273 e. The van der Waals surface area contributed by atoms with Crippen molar-refractivity contribution in [3.05, 3.63) is 70.3 Å². The summed E-state index contributed by atoms with van der Waals surface area (Å²) in [6.07, 6.45) is 7.57. The summed E-state index contributed by atoms with van der Waals surface area (Å²) in [7, 11) is 0. The normalized spacial score (nSPS) is 25.0. The van der Waals surface area contributed by atoms with Gasteiger partial charge >= 0.3 is 0 Å². The minimum atomic E-state index is -0.280. The smallest absolute Gasteiger partial charge is 0.273 e. The van der Waals surface area contributed by atoms with Crippen molar-refractivity contribution in [1.29, 1.82) is 5.26 Å². The Kier molecular flexibility index (Phi) is 5.49. The monoisotopic (exact) mass is 501 g/mol. The summed E-state index contributed by atoms with van der Waals surface area (Å²) >= 11 is 6.11. The average molecular weight is 502 g/mol. The average Bonchev–Trinajstić information content (AvgIpc) is 3.32. The molecule has 3 heterocycles. The first-order valence-corrected chi connectivity index (χ1v) is 12.5. The third-order valence-electron chi connectivity index (χ3n) is 7.65. The Bertz CT molecular complexity index is 1410. The number of aromatic nitrogens is 4. The van der Waals surface area contributed by atoms with Crippen molar-refractivity contribution in [2.24, 2.45) is 11.8 Å². The second-order valence-corrected chi connectivity index (χ2v) is 10.4. The molecule has 0 unspecified atom stereocenters. The number of benzene rings is 1. The van der Waals surface area contributed by atoms with Crippen molar-refractivity contribution in [2.75, 3.05) is 11.4 Å². The van der Waals surface area contributed by atoms with Gasteiger partial charge in [-0.25, -0.2) is 4.68 Å². The molecule has 2 amide bonds. The quantitative estimate of drug-likeness (QED) is 0.552. The Balaban J connectivity index is 1.08. The molecule has 3 fully saturated rings. The van der Waals surface area contributed by atoms with Gasteiger partial charge in [-0.2, -0.15) is 5.26 Å². The summed E-state index contributed by atoms with van der Waals surface area (Å²) in [6, 6.07) is 9.25. The molecule has 10 heteroatoms. The third-order valence-corrected chi connectivity index (χ3v) is 7.88. The number of fused-ring (bicyclic) bond motifs is 1. The van der Waals surface area contributed by atoms with Crippen LogP contribution in [0.3, 0.4) is 0 Å². The van der Waals surface area contributed by atoms with Crippen molar-refractivity contribution >= 4 is 29.1 Å². The number of hydrogen-bond donors (Lipinski definition) is 1. The van der Waals surface area contributed by atoms with Crippen molar-refractivity contribution in [1.82, 2.24) is 25.3 Å². The second kappa shape index (κ2) is 8.71. The molecule has 6 rings (SSSR count). The summed E-state index contributed by atoms with van der Waals surface area (Å²) in [4.78, 5) is 31.4. The molecular formula is C26H24ClN7O2. The van der Waals surface area contributed by atoms with E-state index in [9.17, 15) is 14.9 Å². The molecule has 2 aromatic heterocycles. The molecule has 1 N–H and O–H groups in total. The fourth-order valence-corrected chi connectivity index (χ4v) is 5.46. The maximum absolute atomic E-state index is 12.8. The van der Waals surface area contributed by atoms with Crippen LogP contribution in [0, 0.1) is 23.2 Å². The number of carbonyl (C=O) groups excluding carboxylic acids is 2. The molecule has 36 heavy (non-hydrogen) atoms. The molecule has 3 atom stereocenters. The number of nitrogens with one attached hydrogen (secondary N) is 1. The van der Waals surface area contributed by atoms with Gasteiger partial charge in [-0.3, -0.25) is 14.6 Å². The van der Waals surface area contributed by atoms with E-state index in [-0.39, 0.29) is 41.4 Å². The number of carbonyl (C=O) groups is 2. The van der Waals surface area contributed by atoms with E-state index in [1.807, 2.05) is 24.0 Å². The third kappa shape index (κ3) is 4.01. The van der Waals surface area contributed by atoms with Gasteiger partial charge in [0, 0.05) is 29.7 Å². The molecule has 3 aliphatic rings. The van der Waals surface area contributed by atoms with Crippen LogP contribution in [0.1, 0.15) is 65.3 Å². The number of anilines is 1. The standard InChI is InChI=1S/C26H24ClN7O2/c1-14(17-6-21(11-29-10-17)33-12-18-7-23(18)26(33)36)34-13-24(31-32-34)25(35)30-20-4-16(5-20)22-8-19(27)3-2-15(22)9-28/h2-3,6,8,10-11,13-14,16,18,20,23H,4-5,7,12H2,1H3,(H,30,35)/t14-,16-,18-,20+,23-/m1/s1. The van der Waals surface area contributed by atoms with E-state index in [1.54, 1.807) is 35.4 Å². The number of nitriles is 1. The fraction of sp³-hybridized carbons (Fsp3) is 0.385. The van der Waals surface area contributed by atoms with Gasteiger partial charge in [-0.05, 0) is 73.4 Å². The summed E-state index contributed by atoms with van der Waals surface area (Å²) in [5.41, 5.74) is 3.47. The Morgan fingerprint density at radius 2 is 2.08 bits per heavy atom. The van der Waals surface area contributed by atoms with Crippen LogP contribution >= 0.6 is 11.6 Å². The van der Waals surface area contributed by atoms with E-state index >= 15 is 0 Å². The highest BCUT2D eigenvalue weighted by Gasteiger charge is 2.52. The van der Waals surface area contributed by atoms with Crippen molar-refractivity contribution < 1.29 is 9.59 Å². The zero-order valence-corrected chi connectivity index (χ0v) is 20.4. The van der Waals surface area contributed by atoms with Gasteiger partial charge in [-0.1, -0.05) is 16.8 Å². The van der Waals surface area contributed by atoms with Crippen LogP contribution < -0.4 is 10.2 Å². The van der Waals surface area contributed by atoms with Gasteiger partial charge in [0.15, 0.2) is 5.69 Å². The van der Waals surface area contributed by atoms with Crippen LogP contribution in [0.25, 0.3) is 0 Å². The Morgan fingerprint density at radius 3 is 2.83 bits per heavy atom. The first kappa shape index (κ1) is 22.7. The van der Waals surface area contributed by atoms with Crippen LogP contribution in [0.4, 0.5) is 5.69 Å². The topological polar surface area (TPSA) is 117 Å². The lowest BCUT2D eigenvalue weighted by molar-refractivity contribution is -0.118. The second-order valence-electron chi connectivity index (χ2n) is 9.97. The fourth-order valence-electron chi connectivity index (χ4n) is 5.28. The molecule has 0 spiro atoms. The minimum Gasteiger partial charge on any atom is -0.348 e. The molecule has 2 saturated carbocycles. The number of halogens is 1. The summed E-state index contributed by atoms with van der Waals surface area (Å²) in [5, 5.41) is 21.2. The van der Waals surface area contributed by atoms with Gasteiger partial charge < -0.3 is 10.2 Å². The van der Waals surface area contributed by atoms with Crippen LogP contribution in [-0.2, 0) is 4.79 Å². The van der Waals surface area contributed by atoms with Crippen LogP contribution in [0.2, 0.25) is 5.02 Å². The molecule has 2 aliphatic carbocycles. The van der Waals surface area contributed by atoms with E-state index < -0.39 is 0 Å². The predicted molar refractivity (Wildman–Crippen MR) is 131 cm³/mol. The summed E-state index contributed by atoms with van der Waals surface area (Å²) in [5.74, 6) is 0.764. The number of hydrogen-bond acceptors (Lipinski definition) is 6. The van der Waals surface area contributed by atoms with E-state index in [2.05, 4.69) is 26.7 Å². The van der Waals surface area contributed by atoms with Gasteiger partial charge in [0.05, 0.1) is 35.8 Å². The van der Waals surface area contributed by atoms with Gasteiger partial charge in [0.2, 0.25) is 5.91 Å². The largest absolute Gasteiger partial charge is 0.348 e. The molecule has 1 aromatic carbocycles. The maximum atomic E-state index is 12.8. The molecule has 0 radical (unpaired) electrons. The lowest BCUT2D eigenvalue weighted by Crippen LogP contribution is -2.43. The number of nitrogens with zero attached hydrogens (tertiary/aromatic N) is 6. The SMILES string of the molecule is C[C@H](c1cncc(N2C[C@H]3C[C@H]3C2=O)c1)n1cc(C(=O)N[C@H]2C[C@@H](c3cc(Cl)ccc3C#N)C2)nn1. The van der Waals surface area contributed by atoms with Crippen molar-refractivity contribution in [2.45, 2.75) is 44.2 Å². The van der Waals surface area contributed by atoms with Crippen LogP contribution in [0.5, 0.6) is 0 Å². The molecule has 3 aromatic rings. The summed E-state index contributed by atoms with van der Waals surface area (Å²) < 4.78 is 1.63. The molecular weight excluding hydrogens is 478 g/mol. The van der Waals surface area contributed by atoms with Crippen molar-refractivity contribution in [3.63, 3.8) is 0 Å². The van der Waals surface area contributed by atoms with E-state index in [1.165, 1.54) is 0 Å². The number of amides is 2. The van der Waals surface area contributed by atoms with Gasteiger partial charge in [0.25, 0.3) is 5.91 Å². The van der Waals surface area contributed by atoms with Crippen LogP contribution in [-0.4, -0.2) is 44.4 Å². The van der Waals surface area contributed by atoms with E-state index in [0.717, 1.165) is 42.6 Å². The van der Waals surface area contributed by atoms with Gasteiger partial charge in [-0.15, -0.1) is 5.10 Å². The zero-order valence-electron chi connectivity index (χ0n) is 19.6. The highest BCUT2D eigenvalue weighted by Crippen LogP contribution is 2.47. The van der Waals surface area contributed by atoms with Crippen LogP contribution in [0.15, 0.2) is 42.9 Å². The van der Waals surface area contributed by atoms with Crippen molar-refractivity contribution in [3.8, 4) is 6.07 Å². The highest BCUT2D eigenvalue weighted by atomic mass is 35.5. The Labute approximate surface area is 213 Å². The zero-order chi connectivity index (χ0) is 25.0. The minimum absolute atomic E-state index is 0.000638. The Hall–Kier alpha value is -3.77. The first-order chi connectivity index (χ1) is 17.4. The molecule has 182 valence electrons. The number of rotatable bonds is 6. The number of piperidine rings is 1. The lowest BCUT2D eigenvalue weighted by Gasteiger charge is -2.36. The lowest BCUT2D eigenvalue weighted by atomic mass is 9.74. The number of pyridine rings is 1. The molecule has 9 nitrogen and oxygen atoms in total. The molecule has 0 bridgehead atoms. The predicted octanol–water partition coefficient (Wildman–Crippen LogP) is 3.47. The first-order valence-electron chi connectivity index (χ1n) is 12.1. The van der Waals surface area contributed by atoms with Gasteiger partial charge in [0.1, 0.15) is 0 Å². The molecule has 1 saturated heterocycles. The highest BCUT2D eigenvalue weighted by molar-refractivity contribution is 6.30. The molecule has 1 aliphatic heterocycles. The Morgan fingerprint density at radius 1 is 1.25 bits per heavy atom. The van der Waals surface area contributed by atoms with E-state index in [4.69, 9.17) is 11.6 Å². The van der Waals surface area contributed by atoms with E-state index in [0.29, 0.717) is 16.5 Å². The summed E-state index contributed by atoms with van der Waals surface area (Å²) in [6.45, 7) is 2.71.